The molecule has 280 valence electrons. The lowest BCUT2D eigenvalue weighted by atomic mass is 9.98. The molecule has 0 bridgehead atoms. The average molecular weight is 740 g/mol. The third-order valence-corrected chi connectivity index (χ3v) is 10.1. The molecule has 2 amide bonds. The SMILES string of the molecule is C=CCOc1c(NCCN(C(=O)[C@H](CC(=O)NC[C@@H]2CCCN(C(=N)N)C2)NS(=O)(=O)c2ccc3ccccc3c2)C2CC2)c(=O)c1=O.CC(=O)O. The quantitative estimate of drug-likeness (QED) is 0.0521. The number of piperidine rings is 1. The van der Waals surface area contributed by atoms with E-state index >= 15 is 0 Å². The van der Waals surface area contributed by atoms with Gasteiger partial charge in [-0.25, -0.2) is 8.42 Å². The van der Waals surface area contributed by atoms with E-state index in [0.717, 1.165) is 25.2 Å². The van der Waals surface area contributed by atoms with Gasteiger partial charge in [-0.05, 0) is 54.5 Å². The first kappa shape index (κ1) is 39.5. The lowest BCUT2D eigenvalue weighted by Crippen LogP contribution is -2.52. The maximum Gasteiger partial charge on any atom is 0.300 e. The zero-order valence-corrected chi connectivity index (χ0v) is 29.7. The molecule has 1 saturated carbocycles. The highest BCUT2D eigenvalue weighted by Gasteiger charge is 2.38. The smallest absolute Gasteiger partial charge is 0.300 e. The standard InChI is InChI=1S/C33H41N7O7S.C2H4O2/c1-2-16-47-31-28(29(42)30(31)43)36-13-15-40(24-10-11-24)32(44)26(18-27(41)37-19-21-6-5-14-39(20-21)33(34)35)38-48(45,46)25-12-9-22-7-3-4-8-23(22)17-25;1-2(3)4/h2-4,7-9,12,17,21,24,26,36,38H,1,5-6,10-11,13-16,18-20H2,(H3,34,35)(H,37,41);1H3,(H,3,4)/t21-,26-;/m0./s1. The van der Waals surface area contributed by atoms with Crippen LogP contribution >= 0.6 is 0 Å². The van der Waals surface area contributed by atoms with E-state index in [1.807, 2.05) is 12.1 Å². The molecule has 3 aromatic carbocycles. The molecule has 3 aromatic rings. The number of nitrogens with zero attached hydrogens (tertiary/aromatic N) is 2. The highest BCUT2D eigenvalue weighted by molar-refractivity contribution is 7.89. The van der Waals surface area contributed by atoms with Crippen molar-refractivity contribution in [1.82, 2.24) is 19.8 Å². The lowest BCUT2D eigenvalue weighted by Gasteiger charge is -2.33. The monoisotopic (exact) mass is 739 g/mol. The predicted octanol–water partition coefficient (Wildman–Crippen LogP) is 0.953. The summed E-state index contributed by atoms with van der Waals surface area (Å²) in [4.78, 5) is 63.6. The van der Waals surface area contributed by atoms with Crippen LogP contribution in [-0.2, 0) is 24.4 Å². The number of ether oxygens (including phenoxy) is 1. The Morgan fingerprint density at radius 2 is 1.83 bits per heavy atom. The number of carbonyl (C=O) groups excluding carboxylic acids is 2. The van der Waals surface area contributed by atoms with E-state index in [9.17, 15) is 27.6 Å². The number of carboxylic acid groups (broad SMARTS) is 1. The van der Waals surface area contributed by atoms with E-state index in [1.54, 1.807) is 23.1 Å². The molecular weight excluding hydrogens is 694 g/mol. The molecule has 2 atom stereocenters. The fraction of sp³-hybridized carbons (Fsp3) is 0.429. The summed E-state index contributed by atoms with van der Waals surface area (Å²) in [6, 6.07) is 10.4. The van der Waals surface area contributed by atoms with E-state index in [0.29, 0.717) is 31.3 Å². The summed E-state index contributed by atoms with van der Waals surface area (Å²) >= 11 is 0. The Morgan fingerprint density at radius 1 is 1.13 bits per heavy atom. The summed E-state index contributed by atoms with van der Waals surface area (Å²) in [5.74, 6) is -1.99. The molecule has 1 aliphatic heterocycles. The Bertz CT molecular complexity index is 1970. The highest BCUT2D eigenvalue weighted by atomic mass is 32.2. The normalized spacial score (nSPS) is 16.2. The fourth-order valence-corrected chi connectivity index (χ4v) is 7.13. The van der Waals surface area contributed by atoms with Gasteiger partial charge in [-0.1, -0.05) is 43.0 Å². The minimum absolute atomic E-state index is 0.0176. The maximum atomic E-state index is 14.1. The second-order valence-corrected chi connectivity index (χ2v) is 14.4. The number of fused-ring (bicyclic) bond motifs is 1. The van der Waals surface area contributed by atoms with E-state index in [-0.39, 0.29) is 60.5 Å². The van der Waals surface area contributed by atoms with Gasteiger partial charge < -0.3 is 36.0 Å². The van der Waals surface area contributed by atoms with Gasteiger partial charge in [0, 0.05) is 45.7 Å². The number of nitrogens with two attached hydrogens (primary N) is 1. The third kappa shape index (κ3) is 10.6. The molecule has 1 aliphatic carbocycles. The number of carbonyl (C=O) groups is 3. The number of hydrogen-bond donors (Lipinski definition) is 6. The summed E-state index contributed by atoms with van der Waals surface area (Å²) < 4.78 is 35.1. The van der Waals surface area contributed by atoms with Crippen molar-refractivity contribution in [1.29, 1.82) is 5.41 Å². The van der Waals surface area contributed by atoms with Crippen LogP contribution in [0.15, 0.2) is 69.6 Å². The Hall–Kier alpha value is -5.29. The van der Waals surface area contributed by atoms with Crippen LogP contribution in [0.3, 0.4) is 0 Å². The van der Waals surface area contributed by atoms with Crippen molar-refractivity contribution in [2.75, 3.05) is 44.6 Å². The molecule has 0 aromatic heterocycles. The molecule has 1 heterocycles. The molecule has 52 heavy (non-hydrogen) atoms. The number of anilines is 1. The number of amides is 2. The van der Waals surface area contributed by atoms with Crippen LogP contribution in [0.25, 0.3) is 10.8 Å². The van der Waals surface area contributed by atoms with Gasteiger partial charge in [0.15, 0.2) is 11.7 Å². The molecule has 7 N–H and O–H groups in total. The van der Waals surface area contributed by atoms with Crippen molar-refractivity contribution in [3.05, 3.63) is 75.6 Å². The maximum absolute atomic E-state index is 14.1. The van der Waals surface area contributed by atoms with Crippen LogP contribution in [0.4, 0.5) is 5.69 Å². The zero-order valence-electron chi connectivity index (χ0n) is 28.9. The largest absolute Gasteiger partial charge is 0.483 e. The van der Waals surface area contributed by atoms with Crippen molar-refractivity contribution >= 4 is 50.2 Å². The first-order valence-corrected chi connectivity index (χ1v) is 18.4. The number of sulfonamides is 1. The van der Waals surface area contributed by atoms with E-state index < -0.39 is 51.1 Å². The van der Waals surface area contributed by atoms with Gasteiger partial charge in [0.25, 0.3) is 16.8 Å². The zero-order chi connectivity index (χ0) is 38.0. The van der Waals surface area contributed by atoms with Crippen LogP contribution in [0.5, 0.6) is 5.75 Å². The van der Waals surface area contributed by atoms with Crippen molar-refractivity contribution in [3.8, 4) is 5.75 Å². The number of likely N-dealkylation sites (tertiary alicyclic amines) is 1. The summed E-state index contributed by atoms with van der Waals surface area (Å²) in [6.45, 7) is 6.30. The molecule has 2 fully saturated rings. The van der Waals surface area contributed by atoms with Crippen molar-refractivity contribution in [2.45, 2.75) is 56.0 Å². The molecular formula is C35H45N7O9S. The summed E-state index contributed by atoms with van der Waals surface area (Å²) in [6.07, 6.45) is 4.04. The van der Waals surface area contributed by atoms with Gasteiger partial charge >= 0.3 is 0 Å². The molecule has 16 nitrogen and oxygen atoms in total. The van der Waals surface area contributed by atoms with Crippen molar-refractivity contribution in [2.24, 2.45) is 11.7 Å². The molecule has 5 rings (SSSR count). The number of hydrogen-bond acceptors (Lipinski definition) is 10. The molecule has 0 unspecified atom stereocenters. The Kier molecular flexibility index (Phi) is 13.5. The number of guanidine groups is 1. The minimum Gasteiger partial charge on any atom is -0.483 e. The van der Waals surface area contributed by atoms with Crippen LogP contribution < -0.4 is 36.7 Å². The topological polar surface area (TPSA) is 241 Å². The van der Waals surface area contributed by atoms with E-state index in [2.05, 4.69) is 21.9 Å². The van der Waals surface area contributed by atoms with E-state index in [1.165, 1.54) is 23.1 Å². The van der Waals surface area contributed by atoms with Gasteiger partial charge in [-0.2, -0.15) is 4.72 Å². The van der Waals surface area contributed by atoms with Gasteiger partial charge in [0.2, 0.25) is 21.8 Å². The van der Waals surface area contributed by atoms with Crippen LogP contribution in [0.2, 0.25) is 0 Å². The van der Waals surface area contributed by atoms with Crippen LogP contribution in [0, 0.1) is 11.3 Å². The number of carboxylic acids is 1. The van der Waals surface area contributed by atoms with Crippen molar-refractivity contribution < 1.29 is 32.6 Å². The first-order valence-electron chi connectivity index (χ1n) is 16.9. The first-order chi connectivity index (χ1) is 24.7. The number of benzene rings is 2. The van der Waals surface area contributed by atoms with E-state index in [4.69, 9.17) is 25.8 Å². The average Bonchev–Trinajstić information content (AvgIpc) is 3.96. The van der Waals surface area contributed by atoms with Crippen LogP contribution in [0.1, 0.15) is 39.0 Å². The van der Waals surface area contributed by atoms with Gasteiger partial charge in [0.05, 0.1) is 11.3 Å². The Morgan fingerprint density at radius 3 is 2.48 bits per heavy atom. The number of nitrogens with one attached hydrogen (secondary N) is 4. The second-order valence-electron chi connectivity index (χ2n) is 12.7. The molecule has 2 aliphatic rings. The fourth-order valence-electron chi connectivity index (χ4n) is 5.91. The summed E-state index contributed by atoms with van der Waals surface area (Å²) in [7, 11) is -4.24. The number of rotatable bonds is 16. The third-order valence-electron chi connectivity index (χ3n) is 8.60. The predicted molar refractivity (Wildman–Crippen MR) is 195 cm³/mol. The summed E-state index contributed by atoms with van der Waals surface area (Å²) in [5, 5.41) is 22.4. The summed E-state index contributed by atoms with van der Waals surface area (Å²) in [5.41, 5.74) is 4.20. The Balaban J connectivity index is 0.00000144. The highest BCUT2D eigenvalue weighted by Crippen LogP contribution is 2.28. The molecule has 0 spiro atoms. The van der Waals surface area contributed by atoms with Gasteiger partial charge in [-0.3, -0.25) is 29.4 Å². The minimum atomic E-state index is -4.24. The second kappa shape index (κ2) is 17.8. The molecule has 0 radical (unpaired) electrons. The molecule has 1 saturated heterocycles. The Labute approximate surface area is 301 Å². The van der Waals surface area contributed by atoms with Crippen LogP contribution in [-0.4, -0.2) is 98.5 Å². The van der Waals surface area contributed by atoms with Gasteiger partial charge in [0.1, 0.15) is 18.3 Å². The number of aliphatic carboxylic acids is 1. The molecule has 17 heteroatoms. The lowest BCUT2D eigenvalue weighted by molar-refractivity contribution is -0.136. The van der Waals surface area contributed by atoms with Crippen molar-refractivity contribution in [3.63, 3.8) is 0 Å². The van der Waals surface area contributed by atoms with Gasteiger partial charge in [-0.15, -0.1) is 0 Å².